The van der Waals surface area contributed by atoms with Crippen molar-refractivity contribution in [2.75, 3.05) is 11.9 Å². The smallest absolute Gasteiger partial charge is 0.361 e. The number of nitrogens with zero attached hydrogens (tertiary/aromatic N) is 4. The summed E-state index contributed by atoms with van der Waals surface area (Å²) in [6.07, 6.45) is 0. The van der Waals surface area contributed by atoms with Crippen LogP contribution in [-0.4, -0.2) is 38.6 Å². The number of aryl methyl sites for hydroxylation is 4. The predicted molar refractivity (Wildman–Crippen MR) is 95.7 cm³/mol. The number of anilines is 1. The van der Waals surface area contributed by atoms with Crippen molar-refractivity contribution in [3.05, 3.63) is 52.5 Å². The first-order chi connectivity index (χ1) is 12.8. The van der Waals surface area contributed by atoms with Crippen molar-refractivity contribution >= 4 is 17.7 Å². The van der Waals surface area contributed by atoms with Crippen molar-refractivity contribution in [1.29, 1.82) is 0 Å². The second-order valence-electron chi connectivity index (χ2n) is 6.16. The van der Waals surface area contributed by atoms with Crippen LogP contribution in [0, 0.1) is 27.7 Å². The molecule has 140 valence electrons. The molecule has 0 radical (unpaired) electrons. The number of aromatic nitrogens is 4. The summed E-state index contributed by atoms with van der Waals surface area (Å²) in [7, 11) is 0. The van der Waals surface area contributed by atoms with Gasteiger partial charge in [-0.15, -0.1) is 5.10 Å². The SMILES string of the molecule is Cc1ccc(-n2nc(C)c(C(=O)OCC(=O)Nc3cc(C)on3)n2)c(C)c1. The zero-order valence-electron chi connectivity index (χ0n) is 15.4. The van der Waals surface area contributed by atoms with E-state index in [2.05, 4.69) is 20.7 Å². The van der Waals surface area contributed by atoms with Gasteiger partial charge in [-0.05, 0) is 39.3 Å². The number of hydrogen-bond donors (Lipinski definition) is 1. The molecule has 0 aliphatic rings. The molecule has 0 aliphatic carbocycles. The Balaban J connectivity index is 1.66. The second-order valence-corrected chi connectivity index (χ2v) is 6.16. The summed E-state index contributed by atoms with van der Waals surface area (Å²) < 4.78 is 9.87. The zero-order valence-corrected chi connectivity index (χ0v) is 15.4. The van der Waals surface area contributed by atoms with Crippen LogP contribution in [0.5, 0.6) is 0 Å². The lowest BCUT2D eigenvalue weighted by Gasteiger charge is -2.05. The van der Waals surface area contributed by atoms with Gasteiger partial charge in [0.15, 0.2) is 18.1 Å². The quantitative estimate of drug-likeness (QED) is 0.687. The third kappa shape index (κ3) is 4.20. The van der Waals surface area contributed by atoms with Crippen LogP contribution in [0.4, 0.5) is 5.82 Å². The lowest BCUT2D eigenvalue weighted by molar-refractivity contribution is -0.119. The van der Waals surface area contributed by atoms with Crippen molar-refractivity contribution in [2.24, 2.45) is 0 Å². The van der Waals surface area contributed by atoms with E-state index in [0.717, 1.165) is 16.8 Å². The topological polar surface area (TPSA) is 112 Å². The van der Waals surface area contributed by atoms with E-state index < -0.39 is 18.5 Å². The fourth-order valence-corrected chi connectivity index (χ4v) is 2.51. The van der Waals surface area contributed by atoms with Crippen LogP contribution in [0.15, 0.2) is 28.8 Å². The molecule has 2 aromatic heterocycles. The molecule has 9 heteroatoms. The summed E-state index contributed by atoms with van der Waals surface area (Å²) >= 11 is 0. The third-order valence-corrected chi connectivity index (χ3v) is 3.77. The minimum absolute atomic E-state index is 0.0556. The Labute approximate surface area is 155 Å². The Morgan fingerprint density at radius 1 is 1.15 bits per heavy atom. The highest BCUT2D eigenvalue weighted by Gasteiger charge is 2.20. The highest BCUT2D eigenvalue weighted by atomic mass is 16.5. The van der Waals surface area contributed by atoms with E-state index in [9.17, 15) is 9.59 Å². The maximum absolute atomic E-state index is 12.3. The number of carbonyl (C=O) groups is 2. The standard InChI is InChI=1S/C18H19N5O4/c1-10-5-6-14(11(2)7-10)23-20-13(4)17(21-23)18(25)26-9-16(24)19-15-8-12(3)27-22-15/h5-8H,9H2,1-4H3,(H,19,22,24). The Morgan fingerprint density at radius 2 is 1.93 bits per heavy atom. The highest BCUT2D eigenvalue weighted by molar-refractivity contribution is 5.94. The maximum Gasteiger partial charge on any atom is 0.361 e. The molecule has 2 heterocycles. The number of ether oxygens (including phenoxy) is 1. The zero-order chi connectivity index (χ0) is 19.6. The van der Waals surface area contributed by atoms with Crippen LogP contribution in [-0.2, 0) is 9.53 Å². The molecule has 1 amide bonds. The molecule has 0 spiro atoms. The molecular formula is C18H19N5O4. The van der Waals surface area contributed by atoms with E-state index in [4.69, 9.17) is 9.26 Å². The molecule has 0 saturated heterocycles. The average molecular weight is 369 g/mol. The molecule has 0 aliphatic heterocycles. The van der Waals surface area contributed by atoms with Crippen LogP contribution >= 0.6 is 0 Å². The minimum atomic E-state index is -0.727. The van der Waals surface area contributed by atoms with Gasteiger partial charge in [-0.3, -0.25) is 4.79 Å². The molecule has 1 aromatic carbocycles. The van der Waals surface area contributed by atoms with Crippen molar-refractivity contribution < 1.29 is 18.8 Å². The van der Waals surface area contributed by atoms with Crippen LogP contribution in [0.1, 0.15) is 33.1 Å². The van der Waals surface area contributed by atoms with Gasteiger partial charge in [-0.2, -0.15) is 9.90 Å². The largest absolute Gasteiger partial charge is 0.451 e. The van der Waals surface area contributed by atoms with Crippen molar-refractivity contribution in [1.82, 2.24) is 20.2 Å². The van der Waals surface area contributed by atoms with E-state index in [1.54, 1.807) is 19.9 Å². The summed E-state index contributed by atoms with van der Waals surface area (Å²) in [6, 6.07) is 7.38. The maximum atomic E-state index is 12.3. The summed E-state index contributed by atoms with van der Waals surface area (Å²) in [6.45, 7) is 6.81. The molecule has 9 nitrogen and oxygen atoms in total. The predicted octanol–water partition coefficient (Wildman–Crippen LogP) is 2.28. The van der Waals surface area contributed by atoms with E-state index in [0.29, 0.717) is 11.5 Å². The summed E-state index contributed by atoms with van der Waals surface area (Å²) in [5.74, 6) is -0.447. The second kappa shape index (κ2) is 7.40. The first-order valence-electron chi connectivity index (χ1n) is 8.25. The van der Waals surface area contributed by atoms with Gasteiger partial charge in [0.1, 0.15) is 5.76 Å². The molecule has 0 unspecified atom stereocenters. The molecular weight excluding hydrogens is 350 g/mol. The molecule has 0 atom stereocenters. The third-order valence-electron chi connectivity index (χ3n) is 3.77. The molecule has 0 fully saturated rings. The van der Waals surface area contributed by atoms with Crippen LogP contribution in [0.3, 0.4) is 0 Å². The first-order valence-corrected chi connectivity index (χ1v) is 8.25. The average Bonchev–Trinajstić information content (AvgIpc) is 3.18. The fraction of sp³-hybridized carbons (Fsp3) is 0.278. The summed E-state index contributed by atoms with van der Waals surface area (Å²) in [5, 5.41) is 14.6. The van der Waals surface area contributed by atoms with E-state index in [1.165, 1.54) is 4.80 Å². The van der Waals surface area contributed by atoms with Gasteiger partial charge in [0.25, 0.3) is 5.91 Å². The number of benzene rings is 1. The summed E-state index contributed by atoms with van der Waals surface area (Å²) in [4.78, 5) is 25.5. The van der Waals surface area contributed by atoms with Crippen molar-refractivity contribution in [3.8, 4) is 5.69 Å². The lowest BCUT2D eigenvalue weighted by atomic mass is 10.1. The number of esters is 1. The van der Waals surface area contributed by atoms with E-state index >= 15 is 0 Å². The van der Waals surface area contributed by atoms with Gasteiger partial charge in [0.05, 0.1) is 11.4 Å². The molecule has 1 N–H and O–H groups in total. The minimum Gasteiger partial charge on any atom is -0.451 e. The Bertz CT molecular complexity index is 1010. The summed E-state index contributed by atoms with van der Waals surface area (Å²) in [5.41, 5.74) is 3.33. The Hall–Kier alpha value is -3.49. The number of amides is 1. The fourth-order valence-electron chi connectivity index (χ4n) is 2.51. The molecule has 3 rings (SSSR count). The highest BCUT2D eigenvalue weighted by Crippen LogP contribution is 2.15. The Kier molecular flexibility index (Phi) is 5.02. The van der Waals surface area contributed by atoms with Crippen LogP contribution in [0.25, 0.3) is 5.69 Å². The number of hydrogen-bond acceptors (Lipinski definition) is 7. The molecule has 3 aromatic rings. The first kappa shape index (κ1) is 18.3. The van der Waals surface area contributed by atoms with Gasteiger partial charge in [-0.1, -0.05) is 22.9 Å². The molecule has 0 saturated carbocycles. The van der Waals surface area contributed by atoms with Gasteiger partial charge < -0.3 is 14.6 Å². The van der Waals surface area contributed by atoms with E-state index in [1.807, 2.05) is 32.0 Å². The van der Waals surface area contributed by atoms with Crippen LogP contribution < -0.4 is 5.32 Å². The molecule has 0 bridgehead atoms. The van der Waals surface area contributed by atoms with Gasteiger partial charge in [0.2, 0.25) is 0 Å². The normalized spacial score (nSPS) is 10.7. The monoisotopic (exact) mass is 369 g/mol. The number of carbonyl (C=O) groups excluding carboxylic acids is 2. The van der Waals surface area contributed by atoms with Crippen LogP contribution in [0.2, 0.25) is 0 Å². The van der Waals surface area contributed by atoms with Gasteiger partial charge in [-0.25, -0.2) is 4.79 Å². The number of rotatable bonds is 5. The van der Waals surface area contributed by atoms with Crippen molar-refractivity contribution in [2.45, 2.75) is 27.7 Å². The van der Waals surface area contributed by atoms with Gasteiger partial charge in [0, 0.05) is 6.07 Å². The molecule has 27 heavy (non-hydrogen) atoms. The van der Waals surface area contributed by atoms with Gasteiger partial charge >= 0.3 is 5.97 Å². The Morgan fingerprint density at radius 3 is 2.59 bits per heavy atom. The number of nitrogens with one attached hydrogen (secondary N) is 1. The lowest BCUT2D eigenvalue weighted by Crippen LogP contribution is -2.21. The van der Waals surface area contributed by atoms with E-state index in [-0.39, 0.29) is 11.5 Å². The van der Waals surface area contributed by atoms with Crippen molar-refractivity contribution in [3.63, 3.8) is 0 Å².